The van der Waals surface area contributed by atoms with Crippen molar-refractivity contribution in [3.05, 3.63) is 0 Å². The third kappa shape index (κ3) is 7.69. The molecule has 74 valence electrons. The van der Waals surface area contributed by atoms with E-state index in [1.807, 2.05) is 20.6 Å². The first kappa shape index (κ1) is 14.1. The fraction of sp³-hybridized carbons (Fsp3) is 0.889. The van der Waals surface area contributed by atoms with E-state index < -0.39 is 0 Å². The summed E-state index contributed by atoms with van der Waals surface area (Å²) in [4.78, 5) is 8.00. The fourth-order valence-electron chi connectivity index (χ4n) is 0.897. The van der Waals surface area contributed by atoms with Gasteiger partial charge in [0.05, 0.1) is 0 Å². The van der Waals surface area contributed by atoms with Crippen molar-refractivity contribution >= 4 is 6.79 Å². The Morgan fingerprint density at radius 1 is 1.33 bits per heavy atom. The standard InChI is InChI=1S/C6H12O2.C2H6.CH2O/c1-7-6-4-2-3-5-8-6;2*1-2/h6H,2-5H2,1H3;1-2H3;1H2. The second kappa shape index (κ2) is 13.2. The lowest BCUT2D eigenvalue weighted by Gasteiger charge is -2.20. The number of rotatable bonds is 1. The normalized spacial score (nSPS) is 21.1. The van der Waals surface area contributed by atoms with Gasteiger partial charge in [-0.15, -0.1) is 0 Å². The molecule has 0 spiro atoms. The van der Waals surface area contributed by atoms with E-state index in [0.29, 0.717) is 0 Å². The van der Waals surface area contributed by atoms with Crippen LogP contribution >= 0.6 is 0 Å². The van der Waals surface area contributed by atoms with Crippen molar-refractivity contribution in [2.24, 2.45) is 0 Å². The molecular formula is C9H20O3. The van der Waals surface area contributed by atoms with Crippen LogP contribution in [-0.2, 0) is 14.3 Å². The average Bonchev–Trinajstić information content (AvgIpc) is 2.25. The zero-order valence-electron chi connectivity index (χ0n) is 8.34. The third-order valence-electron chi connectivity index (χ3n) is 1.40. The largest absolute Gasteiger partial charge is 0.356 e. The number of methoxy groups -OCH3 is 1. The molecule has 1 heterocycles. The average molecular weight is 176 g/mol. The van der Waals surface area contributed by atoms with Crippen LogP contribution in [0.4, 0.5) is 0 Å². The second-order valence-corrected chi connectivity index (χ2v) is 2.03. The first-order valence-corrected chi connectivity index (χ1v) is 4.37. The maximum absolute atomic E-state index is 8.00. The van der Waals surface area contributed by atoms with E-state index >= 15 is 0 Å². The molecule has 1 fully saturated rings. The Kier molecular flexibility index (Phi) is 15.5. The van der Waals surface area contributed by atoms with Crippen molar-refractivity contribution in [1.82, 2.24) is 0 Å². The second-order valence-electron chi connectivity index (χ2n) is 2.03. The van der Waals surface area contributed by atoms with Gasteiger partial charge in [0.25, 0.3) is 0 Å². The molecule has 0 aromatic carbocycles. The molecule has 1 aliphatic heterocycles. The predicted molar refractivity (Wildman–Crippen MR) is 49.1 cm³/mol. The first-order chi connectivity index (χ1) is 5.93. The van der Waals surface area contributed by atoms with Crippen molar-refractivity contribution in [2.45, 2.75) is 39.4 Å². The quantitative estimate of drug-likeness (QED) is 0.613. The van der Waals surface area contributed by atoms with Crippen molar-refractivity contribution in [1.29, 1.82) is 0 Å². The van der Waals surface area contributed by atoms with E-state index in [1.54, 1.807) is 7.11 Å². The highest BCUT2D eigenvalue weighted by atomic mass is 16.7. The molecule has 1 atom stereocenters. The Morgan fingerprint density at radius 2 is 1.92 bits per heavy atom. The van der Waals surface area contributed by atoms with Crippen LogP contribution in [0.5, 0.6) is 0 Å². The van der Waals surface area contributed by atoms with Gasteiger partial charge in [0.1, 0.15) is 6.79 Å². The molecule has 1 saturated heterocycles. The number of ether oxygens (including phenoxy) is 2. The van der Waals surface area contributed by atoms with Gasteiger partial charge in [0.2, 0.25) is 0 Å². The van der Waals surface area contributed by atoms with Gasteiger partial charge in [0, 0.05) is 13.7 Å². The van der Waals surface area contributed by atoms with E-state index in [2.05, 4.69) is 0 Å². The van der Waals surface area contributed by atoms with Gasteiger partial charge in [-0.2, -0.15) is 0 Å². The van der Waals surface area contributed by atoms with E-state index in [9.17, 15) is 0 Å². The van der Waals surface area contributed by atoms with Gasteiger partial charge in [-0.25, -0.2) is 0 Å². The molecule has 0 aromatic rings. The lowest BCUT2D eigenvalue weighted by molar-refractivity contribution is -0.145. The summed E-state index contributed by atoms with van der Waals surface area (Å²) in [5.41, 5.74) is 0. The Labute approximate surface area is 75.1 Å². The third-order valence-corrected chi connectivity index (χ3v) is 1.40. The molecule has 0 bridgehead atoms. The Morgan fingerprint density at radius 3 is 2.17 bits per heavy atom. The molecule has 0 radical (unpaired) electrons. The Hall–Kier alpha value is -0.410. The molecule has 0 aromatic heterocycles. The van der Waals surface area contributed by atoms with Crippen molar-refractivity contribution in [3.63, 3.8) is 0 Å². The van der Waals surface area contributed by atoms with Crippen LogP contribution in [0.15, 0.2) is 0 Å². The number of hydrogen-bond acceptors (Lipinski definition) is 3. The smallest absolute Gasteiger partial charge is 0.157 e. The lowest BCUT2D eigenvalue weighted by Crippen LogP contribution is -2.20. The van der Waals surface area contributed by atoms with Crippen molar-refractivity contribution in [2.75, 3.05) is 13.7 Å². The van der Waals surface area contributed by atoms with Gasteiger partial charge in [-0.05, 0) is 19.3 Å². The summed E-state index contributed by atoms with van der Waals surface area (Å²) in [5, 5.41) is 0. The maximum Gasteiger partial charge on any atom is 0.157 e. The summed E-state index contributed by atoms with van der Waals surface area (Å²) >= 11 is 0. The number of carbonyl (C=O) groups is 1. The summed E-state index contributed by atoms with van der Waals surface area (Å²) in [6, 6.07) is 0. The van der Waals surface area contributed by atoms with Gasteiger partial charge in [-0.1, -0.05) is 13.8 Å². The fourth-order valence-corrected chi connectivity index (χ4v) is 0.897. The zero-order valence-corrected chi connectivity index (χ0v) is 8.34. The van der Waals surface area contributed by atoms with Crippen LogP contribution < -0.4 is 0 Å². The zero-order chi connectivity index (χ0) is 9.82. The van der Waals surface area contributed by atoms with Crippen LogP contribution in [-0.4, -0.2) is 26.8 Å². The summed E-state index contributed by atoms with van der Waals surface area (Å²) in [7, 11) is 1.69. The summed E-state index contributed by atoms with van der Waals surface area (Å²) < 4.78 is 10.2. The van der Waals surface area contributed by atoms with E-state index in [-0.39, 0.29) is 6.29 Å². The highest BCUT2D eigenvalue weighted by molar-refractivity contribution is 5.10. The highest BCUT2D eigenvalue weighted by Gasteiger charge is 2.10. The van der Waals surface area contributed by atoms with Crippen molar-refractivity contribution in [3.8, 4) is 0 Å². The predicted octanol–water partition coefficient (Wildman–Crippen LogP) is 2.00. The van der Waals surface area contributed by atoms with Gasteiger partial charge in [-0.3, -0.25) is 0 Å². The Bertz CT molecular complexity index is 70.2. The van der Waals surface area contributed by atoms with Crippen molar-refractivity contribution < 1.29 is 14.3 Å². The number of hydrogen-bond donors (Lipinski definition) is 0. The molecule has 3 nitrogen and oxygen atoms in total. The number of carbonyl (C=O) groups excluding carboxylic acids is 1. The molecule has 0 amide bonds. The minimum atomic E-state index is 0.0868. The first-order valence-electron chi connectivity index (χ1n) is 4.37. The molecule has 1 unspecified atom stereocenters. The monoisotopic (exact) mass is 176 g/mol. The van der Waals surface area contributed by atoms with Gasteiger partial charge in [0.15, 0.2) is 6.29 Å². The molecule has 3 heteroatoms. The van der Waals surface area contributed by atoms with E-state index in [4.69, 9.17) is 14.3 Å². The molecule has 12 heavy (non-hydrogen) atoms. The molecule has 0 N–H and O–H groups in total. The van der Waals surface area contributed by atoms with Crippen LogP contribution in [0.2, 0.25) is 0 Å². The van der Waals surface area contributed by atoms with Crippen LogP contribution in [0, 0.1) is 0 Å². The molecule has 1 rings (SSSR count). The topological polar surface area (TPSA) is 35.5 Å². The summed E-state index contributed by atoms with van der Waals surface area (Å²) in [6.07, 6.45) is 3.60. The molecule has 1 aliphatic rings. The lowest BCUT2D eigenvalue weighted by atomic mass is 10.2. The highest BCUT2D eigenvalue weighted by Crippen LogP contribution is 2.11. The summed E-state index contributed by atoms with van der Waals surface area (Å²) in [5.74, 6) is 0. The maximum atomic E-state index is 8.00. The SMILES string of the molecule is C=O.CC.COC1CCCCO1. The Balaban J connectivity index is 0. The van der Waals surface area contributed by atoms with Crippen LogP contribution in [0.3, 0.4) is 0 Å². The van der Waals surface area contributed by atoms with E-state index in [0.717, 1.165) is 13.0 Å². The summed E-state index contributed by atoms with van der Waals surface area (Å²) in [6.45, 7) is 6.87. The molecular weight excluding hydrogens is 156 g/mol. The van der Waals surface area contributed by atoms with Crippen LogP contribution in [0.25, 0.3) is 0 Å². The molecule has 0 aliphatic carbocycles. The van der Waals surface area contributed by atoms with E-state index in [1.165, 1.54) is 12.8 Å². The minimum Gasteiger partial charge on any atom is -0.356 e. The van der Waals surface area contributed by atoms with Gasteiger partial charge >= 0.3 is 0 Å². The van der Waals surface area contributed by atoms with Crippen LogP contribution in [0.1, 0.15) is 33.1 Å². The molecule has 0 saturated carbocycles. The minimum absolute atomic E-state index is 0.0868. The van der Waals surface area contributed by atoms with Gasteiger partial charge < -0.3 is 14.3 Å².